The third kappa shape index (κ3) is 2.86. The Bertz CT molecular complexity index is 449. The van der Waals surface area contributed by atoms with Crippen LogP contribution in [-0.2, 0) is 0 Å². The second kappa shape index (κ2) is 5.74. The van der Waals surface area contributed by atoms with Gasteiger partial charge in [-0.15, -0.1) is 12.6 Å². The highest BCUT2D eigenvalue weighted by atomic mass is 32.1. The summed E-state index contributed by atoms with van der Waals surface area (Å²) in [6.45, 7) is 2.75. The minimum atomic E-state index is -0.464. The van der Waals surface area contributed by atoms with E-state index in [9.17, 15) is 9.18 Å². The molecule has 1 saturated heterocycles. The van der Waals surface area contributed by atoms with E-state index in [1.807, 2.05) is 6.92 Å². The van der Waals surface area contributed by atoms with Crippen LogP contribution in [0.15, 0.2) is 23.1 Å². The Kier molecular flexibility index (Phi) is 4.27. The molecule has 0 N–H and O–H groups in total. The van der Waals surface area contributed by atoms with Crippen LogP contribution in [0.2, 0.25) is 0 Å². The lowest BCUT2D eigenvalue weighted by Crippen LogP contribution is -2.38. The van der Waals surface area contributed by atoms with Crippen molar-refractivity contribution in [3.8, 4) is 0 Å². The van der Waals surface area contributed by atoms with Gasteiger partial charge in [0.1, 0.15) is 5.82 Å². The minimum absolute atomic E-state index is 0.135. The number of halogens is 1. The van der Waals surface area contributed by atoms with Crippen LogP contribution in [0, 0.1) is 5.82 Å². The van der Waals surface area contributed by atoms with Crippen LogP contribution >= 0.6 is 12.6 Å². The summed E-state index contributed by atoms with van der Waals surface area (Å²) in [5, 5.41) is 0. The first-order valence-electron chi connectivity index (χ1n) is 6.39. The van der Waals surface area contributed by atoms with Crippen molar-refractivity contribution < 1.29 is 9.18 Å². The Balaban J connectivity index is 2.26. The van der Waals surface area contributed by atoms with Gasteiger partial charge in [-0.2, -0.15) is 0 Å². The molecular weight excluding hydrogens is 249 g/mol. The highest BCUT2D eigenvalue weighted by Crippen LogP contribution is 2.21. The molecule has 0 aliphatic carbocycles. The lowest BCUT2D eigenvalue weighted by atomic mass is 10.1. The van der Waals surface area contributed by atoms with Crippen LogP contribution in [0.3, 0.4) is 0 Å². The molecule has 1 fully saturated rings. The summed E-state index contributed by atoms with van der Waals surface area (Å²) in [7, 11) is 0. The molecule has 18 heavy (non-hydrogen) atoms. The van der Waals surface area contributed by atoms with Gasteiger partial charge in [-0.25, -0.2) is 4.39 Å². The summed E-state index contributed by atoms with van der Waals surface area (Å²) in [5.41, 5.74) is 0.135. The number of carbonyl (C=O) groups excluding carboxylic acids is 1. The third-order valence-electron chi connectivity index (χ3n) is 3.49. The molecule has 2 nitrogen and oxygen atoms in total. The van der Waals surface area contributed by atoms with Crippen LogP contribution in [0.5, 0.6) is 0 Å². The molecule has 4 heteroatoms. The molecule has 0 aromatic heterocycles. The van der Waals surface area contributed by atoms with Gasteiger partial charge in [0, 0.05) is 17.5 Å². The quantitative estimate of drug-likeness (QED) is 0.772. The summed E-state index contributed by atoms with van der Waals surface area (Å²) in [6, 6.07) is 4.56. The summed E-state index contributed by atoms with van der Waals surface area (Å²) in [4.78, 5) is 14.8. The van der Waals surface area contributed by atoms with Gasteiger partial charge < -0.3 is 4.90 Å². The molecule has 1 aliphatic rings. The maximum atomic E-state index is 13.7. The van der Waals surface area contributed by atoms with Crippen LogP contribution < -0.4 is 0 Å². The second-order valence-corrected chi connectivity index (χ2v) is 5.38. The molecule has 1 aromatic carbocycles. The van der Waals surface area contributed by atoms with E-state index in [2.05, 4.69) is 12.6 Å². The van der Waals surface area contributed by atoms with Crippen molar-refractivity contribution in [3.63, 3.8) is 0 Å². The molecule has 98 valence electrons. The molecule has 1 atom stereocenters. The van der Waals surface area contributed by atoms with E-state index in [4.69, 9.17) is 0 Å². The number of benzene rings is 1. The zero-order chi connectivity index (χ0) is 13.1. The van der Waals surface area contributed by atoms with Gasteiger partial charge in [0.2, 0.25) is 0 Å². The highest BCUT2D eigenvalue weighted by Gasteiger charge is 2.25. The fourth-order valence-corrected chi connectivity index (χ4v) is 2.61. The topological polar surface area (TPSA) is 20.3 Å². The average Bonchev–Trinajstić information content (AvgIpc) is 2.56. The number of amides is 1. The smallest absolute Gasteiger partial charge is 0.257 e. The van der Waals surface area contributed by atoms with Gasteiger partial charge in [-0.3, -0.25) is 4.79 Å². The first-order valence-corrected chi connectivity index (χ1v) is 6.84. The largest absolute Gasteiger partial charge is 0.336 e. The lowest BCUT2D eigenvalue weighted by Gasteiger charge is -2.27. The Labute approximate surface area is 113 Å². The maximum absolute atomic E-state index is 13.7. The number of hydrogen-bond donors (Lipinski definition) is 1. The number of nitrogens with zero attached hydrogens (tertiary/aromatic N) is 1. The summed E-state index contributed by atoms with van der Waals surface area (Å²) in [6.07, 6.45) is 4.27. The predicted octanol–water partition coefficient (Wildman–Crippen LogP) is 3.52. The number of carbonyl (C=O) groups is 1. The number of thiol groups is 1. The summed E-state index contributed by atoms with van der Waals surface area (Å²) < 4.78 is 13.7. The summed E-state index contributed by atoms with van der Waals surface area (Å²) >= 11 is 4.17. The van der Waals surface area contributed by atoms with E-state index in [-0.39, 0.29) is 17.5 Å². The van der Waals surface area contributed by atoms with Crippen molar-refractivity contribution >= 4 is 18.5 Å². The Morgan fingerprint density at radius 2 is 2.17 bits per heavy atom. The van der Waals surface area contributed by atoms with Gasteiger partial charge in [0.15, 0.2) is 0 Å². The third-order valence-corrected chi connectivity index (χ3v) is 3.77. The molecule has 1 heterocycles. The molecule has 2 rings (SSSR count). The fraction of sp³-hybridized carbons (Fsp3) is 0.500. The molecule has 0 saturated carbocycles. The van der Waals surface area contributed by atoms with Gasteiger partial charge in [-0.1, -0.05) is 12.8 Å². The van der Waals surface area contributed by atoms with Gasteiger partial charge in [-0.05, 0) is 38.0 Å². The first kappa shape index (κ1) is 13.4. The van der Waals surface area contributed by atoms with E-state index >= 15 is 0 Å². The zero-order valence-electron chi connectivity index (χ0n) is 10.5. The maximum Gasteiger partial charge on any atom is 0.257 e. The molecule has 0 spiro atoms. The first-order chi connectivity index (χ1) is 8.59. The van der Waals surface area contributed by atoms with Crippen molar-refractivity contribution in [3.05, 3.63) is 29.6 Å². The fourth-order valence-electron chi connectivity index (χ4n) is 2.41. The van der Waals surface area contributed by atoms with E-state index in [0.717, 1.165) is 32.2 Å². The zero-order valence-corrected chi connectivity index (χ0v) is 11.4. The van der Waals surface area contributed by atoms with Crippen molar-refractivity contribution in [1.82, 2.24) is 4.90 Å². The van der Waals surface area contributed by atoms with Gasteiger partial charge >= 0.3 is 0 Å². The van der Waals surface area contributed by atoms with E-state index in [1.54, 1.807) is 11.0 Å². The number of hydrogen-bond acceptors (Lipinski definition) is 2. The van der Waals surface area contributed by atoms with E-state index < -0.39 is 5.82 Å². The second-order valence-electron chi connectivity index (χ2n) is 4.86. The van der Waals surface area contributed by atoms with E-state index in [1.165, 1.54) is 12.1 Å². The monoisotopic (exact) mass is 267 g/mol. The van der Waals surface area contributed by atoms with Gasteiger partial charge in [0.05, 0.1) is 5.56 Å². The molecule has 1 unspecified atom stereocenters. The van der Waals surface area contributed by atoms with Crippen LogP contribution in [0.4, 0.5) is 4.39 Å². The molecule has 0 bridgehead atoms. The Hall–Kier alpha value is -1.03. The molecule has 0 radical (unpaired) electrons. The van der Waals surface area contributed by atoms with Crippen LogP contribution in [-0.4, -0.2) is 23.4 Å². The lowest BCUT2D eigenvalue weighted by molar-refractivity contribution is 0.0693. The molecule has 1 amide bonds. The molecular formula is C14H18FNOS. The van der Waals surface area contributed by atoms with Crippen molar-refractivity contribution in [2.24, 2.45) is 0 Å². The standard InChI is InChI=1S/C14H18FNOS/c1-10-5-3-2-4-8-16(10)14(17)12-9-11(18)6-7-13(12)15/h6-7,9-10,18H,2-5,8H2,1H3. The SMILES string of the molecule is CC1CCCCCN1C(=O)c1cc(S)ccc1F. The summed E-state index contributed by atoms with van der Waals surface area (Å²) in [5.74, 6) is -0.674. The van der Waals surface area contributed by atoms with Crippen molar-refractivity contribution in [2.45, 2.75) is 43.5 Å². The number of rotatable bonds is 1. The minimum Gasteiger partial charge on any atom is -0.336 e. The highest BCUT2D eigenvalue weighted by molar-refractivity contribution is 7.80. The Morgan fingerprint density at radius 1 is 1.39 bits per heavy atom. The Morgan fingerprint density at radius 3 is 2.94 bits per heavy atom. The number of likely N-dealkylation sites (tertiary alicyclic amines) is 1. The van der Waals surface area contributed by atoms with Crippen molar-refractivity contribution in [2.75, 3.05) is 6.54 Å². The molecule has 1 aliphatic heterocycles. The predicted molar refractivity (Wildman–Crippen MR) is 72.6 cm³/mol. The van der Waals surface area contributed by atoms with Gasteiger partial charge in [0.25, 0.3) is 5.91 Å². The van der Waals surface area contributed by atoms with Crippen LogP contribution in [0.1, 0.15) is 43.0 Å². The normalized spacial score (nSPS) is 20.6. The van der Waals surface area contributed by atoms with Crippen LogP contribution in [0.25, 0.3) is 0 Å². The van der Waals surface area contributed by atoms with Crippen molar-refractivity contribution in [1.29, 1.82) is 0 Å². The molecule has 1 aromatic rings. The average molecular weight is 267 g/mol. The van der Waals surface area contributed by atoms with E-state index in [0.29, 0.717) is 4.90 Å².